The zero-order chi connectivity index (χ0) is 42.0. The van der Waals surface area contributed by atoms with Crippen LogP contribution >= 0.6 is 0 Å². The van der Waals surface area contributed by atoms with Gasteiger partial charge in [-0.25, -0.2) is 14.4 Å². The van der Waals surface area contributed by atoms with Gasteiger partial charge in [-0.1, -0.05) is 34.6 Å². The molecule has 0 aromatic carbocycles. The summed E-state index contributed by atoms with van der Waals surface area (Å²) in [6.45, 7) is 14.8. The van der Waals surface area contributed by atoms with E-state index >= 15 is 4.79 Å². The van der Waals surface area contributed by atoms with Crippen LogP contribution in [0.25, 0.3) is 0 Å². The summed E-state index contributed by atoms with van der Waals surface area (Å²) in [6, 6.07) is 0. The number of Topliss-reactive ketones (excluding diaryl/α,β-unsaturated/α-hetero) is 2. The fourth-order valence-corrected chi connectivity index (χ4v) is 12.2. The molecule has 0 aromatic heterocycles. The minimum absolute atomic E-state index is 0.0556. The lowest BCUT2D eigenvalue weighted by Gasteiger charge is -2.66. The number of hydrogen-bond acceptors (Lipinski definition) is 15. The zero-order valence-corrected chi connectivity index (χ0v) is 35.1. The van der Waals surface area contributed by atoms with Crippen molar-refractivity contribution in [3.8, 4) is 0 Å². The minimum Gasteiger partial charge on any atom is -0.460 e. The number of rotatable bonds is 15. The quantitative estimate of drug-likeness (QED) is 0.144. The third kappa shape index (κ3) is 6.90. The van der Waals surface area contributed by atoms with Gasteiger partial charge in [0.2, 0.25) is 0 Å². The number of ether oxygens (including phenoxy) is 8. The fourth-order valence-electron chi connectivity index (χ4n) is 12.2. The van der Waals surface area contributed by atoms with Crippen molar-refractivity contribution in [1.82, 2.24) is 0 Å². The van der Waals surface area contributed by atoms with Crippen molar-refractivity contribution in [3.63, 3.8) is 0 Å². The molecule has 0 radical (unpaired) electrons. The lowest BCUT2D eigenvalue weighted by molar-refractivity contribution is -0.229. The molecule has 4 saturated carbocycles. The summed E-state index contributed by atoms with van der Waals surface area (Å²) in [4.78, 5) is 80.1. The number of methoxy groups -OCH3 is 3. The van der Waals surface area contributed by atoms with Gasteiger partial charge in [-0.3, -0.25) is 14.4 Å². The van der Waals surface area contributed by atoms with E-state index < -0.39 is 104 Å². The van der Waals surface area contributed by atoms with Gasteiger partial charge in [-0.15, -0.1) is 0 Å². The van der Waals surface area contributed by atoms with Gasteiger partial charge in [0.15, 0.2) is 5.78 Å². The highest BCUT2D eigenvalue weighted by molar-refractivity contribution is 5.90. The molecule has 15 heteroatoms. The molecule has 0 unspecified atom stereocenters. The Morgan fingerprint density at radius 1 is 0.786 bits per heavy atom. The number of aliphatic hydroxyl groups is 1. The maximum absolute atomic E-state index is 15.2. The molecular formula is C41H62O15. The summed E-state index contributed by atoms with van der Waals surface area (Å²) in [5, 5.41) is 12.4. The molecule has 5 rings (SSSR count). The summed E-state index contributed by atoms with van der Waals surface area (Å²) in [5.74, 6) is -4.99. The number of esters is 4. The van der Waals surface area contributed by atoms with Crippen LogP contribution in [0.2, 0.25) is 0 Å². The summed E-state index contributed by atoms with van der Waals surface area (Å²) in [5.41, 5.74) is -7.84. The van der Waals surface area contributed by atoms with Crippen LogP contribution in [0.15, 0.2) is 0 Å². The highest BCUT2D eigenvalue weighted by atomic mass is 16.6. The molecule has 56 heavy (non-hydrogen) atoms. The average Bonchev–Trinajstić information content (AvgIpc) is 3.76. The summed E-state index contributed by atoms with van der Waals surface area (Å²) in [6.07, 6.45) is -2.47. The van der Waals surface area contributed by atoms with E-state index in [1.54, 1.807) is 13.8 Å². The number of ketones is 2. The summed E-state index contributed by atoms with van der Waals surface area (Å²) in [7, 11) is 4.11. The normalized spacial score (nSPS) is 39.1. The van der Waals surface area contributed by atoms with Crippen LogP contribution in [0, 0.1) is 39.4 Å². The lowest BCUT2D eigenvalue weighted by atomic mass is 9.36. The predicted octanol–water partition coefficient (Wildman–Crippen LogP) is 3.32. The van der Waals surface area contributed by atoms with Crippen LogP contribution in [0.1, 0.15) is 101 Å². The summed E-state index contributed by atoms with van der Waals surface area (Å²) < 4.78 is 45.4. The van der Waals surface area contributed by atoms with Crippen molar-refractivity contribution >= 4 is 35.4 Å². The second-order valence-electron chi connectivity index (χ2n) is 18.8. The number of carbonyl (C=O) groups is 6. The van der Waals surface area contributed by atoms with Crippen LogP contribution in [-0.2, 0) is 66.7 Å². The first-order valence-corrected chi connectivity index (χ1v) is 19.6. The Kier molecular flexibility index (Phi) is 11.8. The Balaban J connectivity index is 1.57. The van der Waals surface area contributed by atoms with Gasteiger partial charge < -0.3 is 43.0 Å². The molecule has 1 aliphatic heterocycles. The Hall–Kier alpha value is -2.98. The third-order valence-corrected chi connectivity index (χ3v) is 14.7. The molecule has 316 valence electrons. The van der Waals surface area contributed by atoms with Gasteiger partial charge in [0.05, 0.1) is 6.10 Å². The fraction of sp³-hybridized carbons (Fsp3) is 0.854. The van der Waals surface area contributed by atoms with E-state index in [4.69, 9.17) is 37.9 Å². The van der Waals surface area contributed by atoms with Crippen molar-refractivity contribution in [2.45, 2.75) is 142 Å². The van der Waals surface area contributed by atoms with Gasteiger partial charge >= 0.3 is 23.9 Å². The first-order valence-electron chi connectivity index (χ1n) is 19.6. The molecular weight excluding hydrogens is 732 g/mol. The molecule has 0 amide bonds. The van der Waals surface area contributed by atoms with Crippen LogP contribution in [0.4, 0.5) is 0 Å². The maximum Gasteiger partial charge on any atom is 0.332 e. The first kappa shape index (κ1) is 44.1. The van der Waals surface area contributed by atoms with Crippen LogP contribution in [0.3, 0.4) is 0 Å². The van der Waals surface area contributed by atoms with E-state index in [0.29, 0.717) is 6.42 Å². The largest absolute Gasteiger partial charge is 0.460 e. The molecule has 4 aliphatic carbocycles. The van der Waals surface area contributed by atoms with E-state index in [2.05, 4.69) is 6.92 Å². The monoisotopic (exact) mass is 794 g/mol. The minimum atomic E-state index is -2.06. The van der Waals surface area contributed by atoms with Crippen LogP contribution < -0.4 is 0 Å². The van der Waals surface area contributed by atoms with Crippen molar-refractivity contribution in [1.29, 1.82) is 0 Å². The Labute approximate surface area is 329 Å². The van der Waals surface area contributed by atoms with Gasteiger partial charge in [0, 0.05) is 63.8 Å². The van der Waals surface area contributed by atoms with Gasteiger partial charge in [0.25, 0.3) is 0 Å². The summed E-state index contributed by atoms with van der Waals surface area (Å²) >= 11 is 0. The maximum atomic E-state index is 15.2. The van der Waals surface area contributed by atoms with Crippen molar-refractivity contribution in [3.05, 3.63) is 0 Å². The molecule has 1 spiro atoms. The van der Waals surface area contributed by atoms with Gasteiger partial charge in [0.1, 0.15) is 60.7 Å². The molecule has 15 nitrogen and oxygen atoms in total. The van der Waals surface area contributed by atoms with Crippen molar-refractivity contribution in [2.24, 2.45) is 39.4 Å². The van der Waals surface area contributed by atoms with Crippen LogP contribution in [0.5, 0.6) is 0 Å². The Morgan fingerprint density at radius 2 is 1.32 bits per heavy atom. The third-order valence-electron chi connectivity index (χ3n) is 14.7. The highest BCUT2D eigenvalue weighted by Crippen LogP contribution is 2.79. The topological polar surface area (TPSA) is 200 Å². The van der Waals surface area contributed by atoms with E-state index in [1.165, 1.54) is 35.2 Å². The number of fused-ring (bicyclic) bond motifs is 4. The second kappa shape index (κ2) is 15.0. The SMILES string of the molecule is COCC(=O)O[C@H]1C[C@H]2[C@]3(C)C(=O)C[C@]4(C)[C@@H]([C@@](C)(O)C(=O)CCC(C)(C)OC(C)=O)[C@H](OC(=O)COC)C[C@@]4(C)[C@@H]3C[C@H]3O[C@]32C(C)(C)[C@@H]1OC(=O)COC. The van der Waals surface area contributed by atoms with Crippen LogP contribution in [-0.4, -0.2) is 123 Å². The molecule has 5 fully saturated rings. The molecule has 1 N–H and O–H groups in total. The smallest absolute Gasteiger partial charge is 0.332 e. The van der Waals surface area contributed by atoms with E-state index in [9.17, 15) is 29.1 Å². The Bertz CT molecular complexity index is 1600. The highest BCUT2D eigenvalue weighted by Gasteiger charge is 2.85. The Morgan fingerprint density at radius 3 is 1.86 bits per heavy atom. The van der Waals surface area contributed by atoms with Crippen molar-refractivity contribution in [2.75, 3.05) is 41.2 Å². The lowest BCUT2D eigenvalue weighted by Crippen LogP contribution is -2.71. The average molecular weight is 795 g/mol. The second-order valence-corrected chi connectivity index (χ2v) is 18.8. The van der Waals surface area contributed by atoms with E-state index in [0.717, 1.165) is 0 Å². The van der Waals surface area contributed by atoms with E-state index in [-0.39, 0.29) is 63.8 Å². The van der Waals surface area contributed by atoms with Gasteiger partial charge in [-0.2, -0.15) is 0 Å². The number of epoxide rings is 1. The van der Waals surface area contributed by atoms with E-state index in [1.807, 2.05) is 27.7 Å². The first-order chi connectivity index (χ1) is 25.8. The molecule has 5 aliphatic rings. The van der Waals surface area contributed by atoms with Gasteiger partial charge in [-0.05, 0) is 63.2 Å². The number of hydrogen-bond donors (Lipinski definition) is 1. The molecule has 0 bridgehead atoms. The molecule has 12 atom stereocenters. The molecule has 1 saturated heterocycles. The zero-order valence-electron chi connectivity index (χ0n) is 35.1. The standard InChI is InChI=1S/C41H62O15/c1-22(42)55-35(2,3)14-13-27(43)40(9,48)33-24(53-31(46)20-50-11)17-37(6)25-16-29-41(56-29)26(39(25,8)28(44)18-38(33,37)7)15-23(52-30(45)19-49-10)34(36(41,4)5)54-32(47)21-51-12/h23-26,29,33-34,48H,13-21H2,1-12H3/t23-,24+,25-,26-,29+,33-,34+,37-,38+,39+,40-,41-/m0/s1. The molecule has 0 aromatic rings. The number of carbonyl (C=O) groups excluding carboxylic acids is 6. The van der Waals surface area contributed by atoms with Crippen molar-refractivity contribution < 1.29 is 71.8 Å². The predicted molar refractivity (Wildman–Crippen MR) is 196 cm³/mol. The molecule has 1 heterocycles.